The van der Waals surface area contributed by atoms with E-state index in [0.29, 0.717) is 10.9 Å². The highest BCUT2D eigenvalue weighted by Gasteiger charge is 2.23. The van der Waals surface area contributed by atoms with Gasteiger partial charge in [0.1, 0.15) is 4.32 Å². The van der Waals surface area contributed by atoms with Gasteiger partial charge in [0.05, 0.1) is 11.5 Å². The standard InChI is InChI=1S/C7H7NO3S2/c1-2-11-5(9)3-4-6(10)8-7(12)13-4/h3H,2H2,1H3,(H,8,10,12)/b4-3+. The molecule has 1 amide bonds. The van der Waals surface area contributed by atoms with E-state index in [4.69, 9.17) is 12.2 Å². The summed E-state index contributed by atoms with van der Waals surface area (Å²) in [6.07, 6.45) is 1.14. The minimum Gasteiger partial charge on any atom is -0.463 e. The Morgan fingerprint density at radius 3 is 2.92 bits per heavy atom. The zero-order chi connectivity index (χ0) is 9.84. The van der Waals surface area contributed by atoms with E-state index in [2.05, 4.69) is 10.1 Å². The van der Waals surface area contributed by atoms with Gasteiger partial charge in [0.25, 0.3) is 5.91 Å². The molecular formula is C7H7NO3S2. The second-order valence-corrected chi connectivity index (χ2v) is 3.82. The molecule has 1 N–H and O–H groups in total. The molecule has 70 valence electrons. The van der Waals surface area contributed by atoms with E-state index in [0.717, 1.165) is 17.8 Å². The fourth-order valence-corrected chi connectivity index (χ4v) is 1.72. The maximum absolute atomic E-state index is 11.0. The summed E-state index contributed by atoms with van der Waals surface area (Å²) in [5.41, 5.74) is 0. The van der Waals surface area contributed by atoms with Crippen LogP contribution < -0.4 is 5.32 Å². The predicted molar refractivity (Wildman–Crippen MR) is 53.0 cm³/mol. The molecule has 4 nitrogen and oxygen atoms in total. The Morgan fingerprint density at radius 2 is 2.46 bits per heavy atom. The number of thioether (sulfide) groups is 1. The molecule has 0 atom stereocenters. The number of hydrogen-bond acceptors (Lipinski definition) is 5. The van der Waals surface area contributed by atoms with Gasteiger partial charge in [-0.2, -0.15) is 0 Å². The molecule has 0 bridgehead atoms. The molecule has 0 unspecified atom stereocenters. The van der Waals surface area contributed by atoms with E-state index in [1.807, 2.05) is 0 Å². The van der Waals surface area contributed by atoms with Crippen LogP contribution in [-0.4, -0.2) is 22.8 Å². The van der Waals surface area contributed by atoms with Crippen LogP contribution in [0.2, 0.25) is 0 Å². The highest BCUT2D eigenvalue weighted by Crippen LogP contribution is 2.22. The third kappa shape index (κ3) is 2.82. The van der Waals surface area contributed by atoms with Gasteiger partial charge in [-0.1, -0.05) is 24.0 Å². The number of esters is 1. The number of carbonyl (C=O) groups excluding carboxylic acids is 2. The van der Waals surface area contributed by atoms with Crippen LogP contribution >= 0.6 is 24.0 Å². The summed E-state index contributed by atoms with van der Waals surface area (Å²) in [5, 5.41) is 2.39. The first-order chi connectivity index (χ1) is 6.13. The molecule has 0 spiro atoms. The van der Waals surface area contributed by atoms with Gasteiger partial charge < -0.3 is 10.1 Å². The summed E-state index contributed by atoms with van der Waals surface area (Å²) in [6, 6.07) is 0. The number of amides is 1. The highest BCUT2D eigenvalue weighted by molar-refractivity contribution is 8.26. The maximum atomic E-state index is 11.0. The maximum Gasteiger partial charge on any atom is 0.332 e. The van der Waals surface area contributed by atoms with Gasteiger partial charge in [0.2, 0.25) is 0 Å². The first-order valence-electron chi connectivity index (χ1n) is 3.55. The van der Waals surface area contributed by atoms with Crippen molar-refractivity contribution in [1.82, 2.24) is 5.32 Å². The Hall–Kier alpha value is -0.880. The molecule has 0 aromatic carbocycles. The van der Waals surface area contributed by atoms with Gasteiger partial charge in [-0.05, 0) is 6.92 Å². The van der Waals surface area contributed by atoms with Crippen LogP contribution in [0.3, 0.4) is 0 Å². The van der Waals surface area contributed by atoms with Crippen molar-refractivity contribution in [2.75, 3.05) is 6.61 Å². The van der Waals surface area contributed by atoms with Crippen LogP contribution in [0, 0.1) is 0 Å². The van der Waals surface area contributed by atoms with Crippen LogP contribution in [0.15, 0.2) is 11.0 Å². The van der Waals surface area contributed by atoms with Crippen molar-refractivity contribution < 1.29 is 14.3 Å². The molecule has 1 aliphatic rings. The smallest absolute Gasteiger partial charge is 0.332 e. The van der Waals surface area contributed by atoms with Crippen molar-refractivity contribution in [1.29, 1.82) is 0 Å². The molecule has 0 saturated carbocycles. The fraction of sp³-hybridized carbons (Fsp3) is 0.286. The molecule has 0 aromatic heterocycles. The van der Waals surface area contributed by atoms with Gasteiger partial charge in [-0.3, -0.25) is 4.79 Å². The Labute approximate surface area is 84.7 Å². The van der Waals surface area contributed by atoms with Gasteiger partial charge in [0, 0.05) is 6.08 Å². The summed E-state index contributed by atoms with van der Waals surface area (Å²) < 4.78 is 5.00. The summed E-state index contributed by atoms with van der Waals surface area (Å²) >= 11 is 5.79. The predicted octanol–water partition coefficient (Wildman–Crippen LogP) is 0.581. The monoisotopic (exact) mass is 217 g/mol. The van der Waals surface area contributed by atoms with Crippen LogP contribution in [0.1, 0.15) is 6.92 Å². The van der Waals surface area contributed by atoms with Crippen molar-refractivity contribution in [2.45, 2.75) is 6.92 Å². The average Bonchev–Trinajstić information content (AvgIpc) is 2.30. The lowest BCUT2D eigenvalue weighted by molar-refractivity contribution is -0.137. The van der Waals surface area contributed by atoms with Gasteiger partial charge in [0.15, 0.2) is 0 Å². The van der Waals surface area contributed by atoms with E-state index in [-0.39, 0.29) is 10.8 Å². The van der Waals surface area contributed by atoms with Gasteiger partial charge in [-0.15, -0.1) is 0 Å². The lowest BCUT2D eigenvalue weighted by Crippen LogP contribution is -2.18. The molecule has 0 aromatic rings. The lowest BCUT2D eigenvalue weighted by atomic mass is 10.4. The average molecular weight is 217 g/mol. The van der Waals surface area contributed by atoms with Gasteiger partial charge in [-0.25, -0.2) is 4.79 Å². The second-order valence-electron chi connectivity index (χ2n) is 2.10. The molecule has 1 aliphatic heterocycles. The molecule has 0 aliphatic carbocycles. The number of carbonyl (C=O) groups is 2. The third-order valence-corrected chi connectivity index (χ3v) is 2.34. The molecule has 1 fully saturated rings. The minimum absolute atomic E-state index is 0.281. The first kappa shape index (κ1) is 10.2. The zero-order valence-corrected chi connectivity index (χ0v) is 8.46. The highest BCUT2D eigenvalue weighted by atomic mass is 32.2. The fourth-order valence-electron chi connectivity index (χ4n) is 0.712. The summed E-state index contributed by atoms with van der Waals surface area (Å²) in [5.74, 6) is -0.868. The largest absolute Gasteiger partial charge is 0.463 e. The Morgan fingerprint density at radius 1 is 1.77 bits per heavy atom. The lowest BCUT2D eigenvalue weighted by Gasteiger charge is -1.95. The molecule has 0 radical (unpaired) electrons. The van der Waals surface area contributed by atoms with Crippen molar-refractivity contribution in [3.05, 3.63) is 11.0 Å². The quantitative estimate of drug-likeness (QED) is 0.416. The molecule has 13 heavy (non-hydrogen) atoms. The minimum atomic E-state index is -0.523. The van der Waals surface area contributed by atoms with Crippen LogP contribution in [-0.2, 0) is 14.3 Å². The van der Waals surface area contributed by atoms with E-state index in [1.54, 1.807) is 6.92 Å². The zero-order valence-electron chi connectivity index (χ0n) is 6.83. The molecular weight excluding hydrogens is 210 g/mol. The summed E-state index contributed by atoms with van der Waals surface area (Å²) in [7, 11) is 0. The van der Waals surface area contributed by atoms with Crippen LogP contribution in [0.25, 0.3) is 0 Å². The van der Waals surface area contributed by atoms with Crippen molar-refractivity contribution >= 4 is 40.2 Å². The van der Waals surface area contributed by atoms with Crippen molar-refractivity contribution in [3.8, 4) is 0 Å². The van der Waals surface area contributed by atoms with Crippen LogP contribution in [0.5, 0.6) is 0 Å². The topological polar surface area (TPSA) is 55.4 Å². The van der Waals surface area contributed by atoms with Crippen molar-refractivity contribution in [3.63, 3.8) is 0 Å². The second kappa shape index (κ2) is 4.38. The third-order valence-electron chi connectivity index (χ3n) is 1.18. The molecule has 1 rings (SSSR count). The number of nitrogens with one attached hydrogen (secondary N) is 1. The normalized spacial score (nSPS) is 19.0. The number of rotatable bonds is 2. The Kier molecular flexibility index (Phi) is 3.44. The summed E-state index contributed by atoms with van der Waals surface area (Å²) in [6.45, 7) is 1.99. The van der Waals surface area contributed by atoms with E-state index < -0.39 is 5.97 Å². The van der Waals surface area contributed by atoms with E-state index in [1.165, 1.54) is 0 Å². The van der Waals surface area contributed by atoms with Crippen molar-refractivity contribution in [2.24, 2.45) is 0 Å². The Balaban J connectivity index is 2.66. The van der Waals surface area contributed by atoms with Crippen LogP contribution in [0.4, 0.5) is 0 Å². The number of thiocarbonyl (C=S) groups is 1. The van der Waals surface area contributed by atoms with E-state index >= 15 is 0 Å². The summed E-state index contributed by atoms with van der Waals surface area (Å²) in [4.78, 5) is 22.2. The number of hydrogen-bond donors (Lipinski definition) is 1. The Bertz CT molecular complexity index is 298. The first-order valence-corrected chi connectivity index (χ1v) is 4.77. The van der Waals surface area contributed by atoms with Gasteiger partial charge >= 0.3 is 5.97 Å². The molecule has 1 heterocycles. The van der Waals surface area contributed by atoms with E-state index in [9.17, 15) is 9.59 Å². The number of ether oxygens (including phenoxy) is 1. The molecule has 6 heteroatoms. The SMILES string of the molecule is CCOC(=O)/C=C1/SC(=S)NC1=O. The molecule has 1 saturated heterocycles.